The fraction of sp³-hybridized carbons (Fsp3) is 0.462. The zero-order valence-corrected chi connectivity index (χ0v) is 19.8. The molecule has 0 bridgehead atoms. The van der Waals surface area contributed by atoms with Gasteiger partial charge in [-0.1, -0.05) is 15.9 Å². The molecule has 5 nitrogen and oxygen atoms in total. The first-order valence-electron chi connectivity index (χ1n) is 11.7. The molecule has 0 aliphatic carbocycles. The third kappa shape index (κ3) is 3.93. The molecule has 1 atom stereocenters. The standard InChI is InChI=1S/C26H29BrN2O3/c27-20-2-3-23-21(12-20)19(14-28-23)1-4-24-22-13-26-25(31-16-32-26)11-18(22)5-8-29(24)15-17-6-9-30-10-7-17/h2-3,11-14,17,24,28H,1,4-10,15-16H2. The van der Waals surface area contributed by atoms with Gasteiger partial charge >= 0.3 is 0 Å². The van der Waals surface area contributed by atoms with Gasteiger partial charge in [0.25, 0.3) is 0 Å². The molecule has 168 valence electrons. The molecule has 1 N–H and O–H groups in total. The lowest BCUT2D eigenvalue weighted by Gasteiger charge is -2.40. The van der Waals surface area contributed by atoms with Gasteiger partial charge in [-0.3, -0.25) is 4.90 Å². The number of nitrogens with one attached hydrogen (secondary N) is 1. The van der Waals surface area contributed by atoms with E-state index in [1.54, 1.807) is 0 Å². The van der Waals surface area contributed by atoms with Gasteiger partial charge in [-0.25, -0.2) is 0 Å². The number of rotatable bonds is 5. The largest absolute Gasteiger partial charge is 0.454 e. The van der Waals surface area contributed by atoms with Crippen molar-refractivity contribution in [3.63, 3.8) is 0 Å². The number of fused-ring (bicyclic) bond motifs is 3. The number of halogens is 1. The molecule has 3 aliphatic rings. The van der Waals surface area contributed by atoms with Crippen molar-refractivity contribution in [2.45, 2.75) is 38.1 Å². The smallest absolute Gasteiger partial charge is 0.231 e. The zero-order valence-electron chi connectivity index (χ0n) is 18.2. The minimum absolute atomic E-state index is 0.332. The summed E-state index contributed by atoms with van der Waals surface area (Å²) in [7, 11) is 0. The average Bonchev–Trinajstić information content (AvgIpc) is 3.44. The Morgan fingerprint density at radius 2 is 1.91 bits per heavy atom. The van der Waals surface area contributed by atoms with Gasteiger partial charge in [-0.05, 0) is 85.0 Å². The summed E-state index contributed by atoms with van der Waals surface area (Å²) in [6.45, 7) is 4.40. The zero-order chi connectivity index (χ0) is 21.5. The number of aryl methyl sites for hydroxylation is 1. The van der Waals surface area contributed by atoms with Crippen molar-refractivity contribution in [2.75, 3.05) is 33.1 Å². The molecule has 0 spiro atoms. The Morgan fingerprint density at radius 3 is 2.78 bits per heavy atom. The lowest BCUT2D eigenvalue weighted by atomic mass is 9.87. The molecule has 32 heavy (non-hydrogen) atoms. The van der Waals surface area contributed by atoms with Crippen LogP contribution in [0.4, 0.5) is 0 Å². The minimum atomic E-state index is 0.332. The predicted molar refractivity (Wildman–Crippen MR) is 128 cm³/mol. The van der Waals surface area contributed by atoms with Crippen molar-refractivity contribution in [2.24, 2.45) is 5.92 Å². The molecule has 4 heterocycles. The van der Waals surface area contributed by atoms with Gasteiger partial charge in [0.2, 0.25) is 6.79 Å². The predicted octanol–water partition coefficient (Wildman–Crippen LogP) is 5.62. The summed E-state index contributed by atoms with van der Waals surface area (Å²) in [5, 5.41) is 1.32. The van der Waals surface area contributed by atoms with E-state index in [0.717, 1.165) is 67.5 Å². The van der Waals surface area contributed by atoms with E-state index in [4.69, 9.17) is 14.2 Å². The number of H-pyrrole nitrogens is 1. The molecule has 1 unspecified atom stereocenters. The van der Waals surface area contributed by atoms with E-state index in [1.807, 2.05) is 0 Å². The number of benzene rings is 2. The van der Waals surface area contributed by atoms with Crippen LogP contribution in [0.25, 0.3) is 10.9 Å². The molecule has 3 aromatic rings. The van der Waals surface area contributed by atoms with Crippen molar-refractivity contribution >= 4 is 26.8 Å². The van der Waals surface area contributed by atoms with E-state index in [-0.39, 0.29) is 0 Å². The lowest BCUT2D eigenvalue weighted by Crippen LogP contribution is -2.40. The molecule has 0 amide bonds. The average molecular weight is 497 g/mol. The number of aromatic amines is 1. The second-order valence-electron chi connectivity index (χ2n) is 9.26. The van der Waals surface area contributed by atoms with Crippen molar-refractivity contribution in [3.05, 3.63) is 57.7 Å². The second-order valence-corrected chi connectivity index (χ2v) is 10.2. The normalized spacial score (nSPS) is 21.2. The number of hydrogen-bond acceptors (Lipinski definition) is 4. The first-order chi connectivity index (χ1) is 15.7. The molecule has 1 fully saturated rings. The first-order valence-corrected chi connectivity index (χ1v) is 12.5. The minimum Gasteiger partial charge on any atom is -0.454 e. The summed E-state index contributed by atoms with van der Waals surface area (Å²) in [5.74, 6) is 2.53. The fourth-order valence-electron chi connectivity index (χ4n) is 5.61. The van der Waals surface area contributed by atoms with Crippen LogP contribution in [0.3, 0.4) is 0 Å². The van der Waals surface area contributed by atoms with E-state index < -0.39 is 0 Å². The van der Waals surface area contributed by atoms with Gasteiger partial charge < -0.3 is 19.2 Å². The first kappa shape index (κ1) is 20.6. The SMILES string of the molecule is Brc1ccc2[nH]cc(CCC3c4cc5c(cc4CCN3CC3CCOCC3)OCO5)c2c1. The number of nitrogens with zero attached hydrogens (tertiary/aromatic N) is 1. The van der Waals surface area contributed by atoms with Crippen LogP contribution in [0.5, 0.6) is 11.5 Å². The Labute approximate surface area is 197 Å². The molecule has 0 saturated carbocycles. The van der Waals surface area contributed by atoms with Crippen molar-refractivity contribution in [3.8, 4) is 11.5 Å². The second kappa shape index (κ2) is 8.73. The Morgan fingerprint density at radius 1 is 1.06 bits per heavy atom. The van der Waals surface area contributed by atoms with Gasteiger partial charge in [0.05, 0.1) is 0 Å². The highest BCUT2D eigenvalue weighted by Gasteiger charge is 2.32. The van der Waals surface area contributed by atoms with E-state index in [0.29, 0.717) is 12.8 Å². The molecule has 3 aliphatic heterocycles. The Kier molecular flexibility index (Phi) is 5.61. The molecule has 6 heteroatoms. The summed E-state index contributed by atoms with van der Waals surface area (Å²) in [6.07, 6.45) is 7.74. The van der Waals surface area contributed by atoms with Crippen LogP contribution in [0, 0.1) is 5.92 Å². The van der Waals surface area contributed by atoms with Crippen LogP contribution in [0.15, 0.2) is 41.0 Å². The fourth-order valence-corrected chi connectivity index (χ4v) is 5.97. The maximum absolute atomic E-state index is 5.75. The summed E-state index contributed by atoms with van der Waals surface area (Å²) in [6, 6.07) is 11.3. The monoisotopic (exact) mass is 496 g/mol. The van der Waals surface area contributed by atoms with Crippen LogP contribution in [0.1, 0.15) is 42.0 Å². The van der Waals surface area contributed by atoms with Gasteiger partial charge in [0, 0.05) is 53.9 Å². The van der Waals surface area contributed by atoms with Crippen molar-refractivity contribution in [1.82, 2.24) is 9.88 Å². The summed E-state index contributed by atoms with van der Waals surface area (Å²) < 4.78 is 18.2. The molecule has 1 saturated heterocycles. The van der Waals surface area contributed by atoms with Gasteiger partial charge in [0.15, 0.2) is 11.5 Å². The summed E-state index contributed by atoms with van der Waals surface area (Å²) in [4.78, 5) is 6.18. The van der Waals surface area contributed by atoms with E-state index >= 15 is 0 Å². The number of hydrogen-bond donors (Lipinski definition) is 1. The maximum Gasteiger partial charge on any atom is 0.231 e. The van der Waals surface area contributed by atoms with Crippen LogP contribution >= 0.6 is 15.9 Å². The van der Waals surface area contributed by atoms with E-state index in [9.17, 15) is 0 Å². The number of ether oxygens (including phenoxy) is 3. The third-order valence-corrected chi connectivity index (χ3v) is 7.85. The third-order valence-electron chi connectivity index (χ3n) is 7.35. The Hall–Kier alpha value is -2.02. The number of aromatic nitrogens is 1. The Balaban J connectivity index is 1.29. The van der Waals surface area contributed by atoms with Crippen molar-refractivity contribution < 1.29 is 14.2 Å². The summed E-state index contributed by atoms with van der Waals surface area (Å²) in [5.41, 5.74) is 5.44. The van der Waals surface area contributed by atoms with E-state index in [1.165, 1.54) is 40.4 Å². The molecular formula is C26H29BrN2O3. The Bertz CT molecular complexity index is 1120. The molecule has 6 rings (SSSR count). The highest BCUT2D eigenvalue weighted by Crippen LogP contribution is 2.42. The molecular weight excluding hydrogens is 468 g/mol. The van der Waals surface area contributed by atoms with E-state index in [2.05, 4.69) is 62.3 Å². The van der Waals surface area contributed by atoms with Crippen molar-refractivity contribution in [1.29, 1.82) is 0 Å². The molecule has 2 aromatic carbocycles. The molecule has 0 radical (unpaired) electrons. The van der Waals surface area contributed by atoms with Crippen LogP contribution in [0.2, 0.25) is 0 Å². The van der Waals surface area contributed by atoms with Crippen LogP contribution in [-0.4, -0.2) is 43.0 Å². The molecule has 1 aromatic heterocycles. The van der Waals surface area contributed by atoms with Crippen LogP contribution in [-0.2, 0) is 17.6 Å². The van der Waals surface area contributed by atoms with Gasteiger partial charge in [0.1, 0.15) is 0 Å². The van der Waals surface area contributed by atoms with Gasteiger partial charge in [-0.15, -0.1) is 0 Å². The van der Waals surface area contributed by atoms with Gasteiger partial charge in [-0.2, -0.15) is 0 Å². The highest BCUT2D eigenvalue weighted by molar-refractivity contribution is 9.10. The summed E-state index contributed by atoms with van der Waals surface area (Å²) >= 11 is 3.64. The highest BCUT2D eigenvalue weighted by atomic mass is 79.9. The maximum atomic E-state index is 5.75. The lowest BCUT2D eigenvalue weighted by molar-refractivity contribution is 0.0423. The quantitative estimate of drug-likeness (QED) is 0.497. The topological polar surface area (TPSA) is 46.7 Å². The van der Waals surface area contributed by atoms with Crippen LogP contribution < -0.4 is 9.47 Å².